The van der Waals surface area contributed by atoms with Gasteiger partial charge in [-0.15, -0.1) is 0 Å². The molecule has 0 atom stereocenters. The quantitative estimate of drug-likeness (QED) is 0.307. The van der Waals surface area contributed by atoms with Crippen molar-refractivity contribution in [2.24, 2.45) is 5.92 Å². The Kier molecular flexibility index (Phi) is 6.94. The van der Waals surface area contributed by atoms with Crippen LogP contribution in [0.4, 0.5) is 11.6 Å². The number of amides is 1. The first kappa shape index (κ1) is 23.6. The highest BCUT2D eigenvalue weighted by Crippen LogP contribution is 2.31. The Bertz CT molecular complexity index is 1370. The third-order valence-electron chi connectivity index (χ3n) is 5.85. The molecule has 1 aliphatic carbocycles. The second kappa shape index (κ2) is 10.6. The molecule has 0 spiro atoms. The highest BCUT2D eigenvalue weighted by atomic mass is 16.5. The highest BCUT2D eigenvalue weighted by Gasteiger charge is 2.21. The van der Waals surface area contributed by atoms with Crippen molar-refractivity contribution in [1.82, 2.24) is 24.9 Å². The van der Waals surface area contributed by atoms with Crippen LogP contribution in [0.15, 0.2) is 54.9 Å². The maximum absolute atomic E-state index is 12.5. The Balaban J connectivity index is 1.25. The lowest BCUT2D eigenvalue weighted by Crippen LogP contribution is -2.28. The van der Waals surface area contributed by atoms with Crippen molar-refractivity contribution < 1.29 is 19.0 Å². The molecule has 10 nitrogen and oxygen atoms in total. The van der Waals surface area contributed by atoms with Gasteiger partial charge in [-0.1, -0.05) is 6.07 Å². The topological polar surface area (TPSA) is 112 Å². The zero-order valence-corrected chi connectivity index (χ0v) is 20.2. The van der Waals surface area contributed by atoms with Gasteiger partial charge in [-0.2, -0.15) is 5.10 Å². The summed E-state index contributed by atoms with van der Waals surface area (Å²) in [6.45, 7) is 1.73. The van der Waals surface area contributed by atoms with E-state index in [1.165, 1.54) is 12.8 Å². The first-order valence-electron chi connectivity index (χ1n) is 11.8. The second-order valence-electron chi connectivity index (χ2n) is 8.56. The number of anilines is 2. The highest BCUT2D eigenvalue weighted by molar-refractivity contribution is 5.92. The monoisotopic (exact) mass is 488 g/mol. The van der Waals surface area contributed by atoms with Crippen molar-refractivity contribution in [3.05, 3.63) is 60.6 Å². The summed E-state index contributed by atoms with van der Waals surface area (Å²) in [4.78, 5) is 21.2. The normalized spacial score (nSPS) is 12.9. The molecule has 1 fully saturated rings. The van der Waals surface area contributed by atoms with E-state index in [0.29, 0.717) is 48.0 Å². The molecule has 4 aromatic heterocycles. The van der Waals surface area contributed by atoms with E-state index < -0.39 is 0 Å². The summed E-state index contributed by atoms with van der Waals surface area (Å²) in [7, 11) is 3.14. The van der Waals surface area contributed by atoms with Gasteiger partial charge in [0.1, 0.15) is 11.5 Å². The van der Waals surface area contributed by atoms with Crippen LogP contribution in [-0.4, -0.2) is 59.5 Å². The molecule has 0 bridgehead atoms. The molecule has 0 aromatic carbocycles. The van der Waals surface area contributed by atoms with Crippen LogP contribution in [0.3, 0.4) is 0 Å². The van der Waals surface area contributed by atoms with E-state index in [4.69, 9.17) is 14.2 Å². The molecule has 0 aliphatic heterocycles. The lowest BCUT2D eigenvalue weighted by molar-refractivity contribution is 0.0902. The van der Waals surface area contributed by atoms with Crippen molar-refractivity contribution in [3.63, 3.8) is 0 Å². The Morgan fingerprint density at radius 3 is 2.78 bits per heavy atom. The second-order valence-corrected chi connectivity index (χ2v) is 8.56. The SMILES string of the molecule is COc1cc(-c2ccn3nc(Nc4cccc(C(=O)NCCOCC5CC5)n4)cc3c2)cnc1OC. The average molecular weight is 489 g/mol. The molecule has 4 heterocycles. The Morgan fingerprint density at radius 2 is 1.97 bits per heavy atom. The molecule has 1 saturated carbocycles. The predicted octanol–water partition coefficient (Wildman–Crippen LogP) is 3.71. The molecule has 0 unspecified atom stereocenters. The number of methoxy groups -OCH3 is 2. The maximum atomic E-state index is 12.5. The molecule has 2 N–H and O–H groups in total. The number of ether oxygens (including phenoxy) is 3. The molecule has 186 valence electrons. The van der Waals surface area contributed by atoms with Crippen molar-refractivity contribution in [1.29, 1.82) is 0 Å². The van der Waals surface area contributed by atoms with Crippen LogP contribution >= 0.6 is 0 Å². The van der Waals surface area contributed by atoms with Crippen LogP contribution in [-0.2, 0) is 4.74 Å². The number of rotatable bonds is 11. The van der Waals surface area contributed by atoms with E-state index in [0.717, 1.165) is 23.3 Å². The Morgan fingerprint density at radius 1 is 1.08 bits per heavy atom. The maximum Gasteiger partial charge on any atom is 0.270 e. The minimum absolute atomic E-state index is 0.239. The first-order chi connectivity index (χ1) is 17.6. The number of pyridine rings is 3. The average Bonchev–Trinajstić information content (AvgIpc) is 3.65. The van der Waals surface area contributed by atoms with Gasteiger partial charge in [0.2, 0.25) is 0 Å². The van der Waals surface area contributed by atoms with Gasteiger partial charge >= 0.3 is 0 Å². The molecular weight excluding hydrogens is 460 g/mol. The largest absolute Gasteiger partial charge is 0.491 e. The third kappa shape index (κ3) is 5.55. The van der Waals surface area contributed by atoms with Gasteiger partial charge in [0.15, 0.2) is 11.6 Å². The fourth-order valence-electron chi connectivity index (χ4n) is 3.75. The number of aromatic nitrogens is 4. The number of hydrogen-bond donors (Lipinski definition) is 2. The number of hydrogen-bond acceptors (Lipinski definition) is 8. The number of carbonyl (C=O) groups excluding carboxylic acids is 1. The summed E-state index contributed by atoms with van der Waals surface area (Å²) in [6.07, 6.45) is 6.11. The van der Waals surface area contributed by atoms with Gasteiger partial charge < -0.3 is 24.8 Å². The minimum atomic E-state index is -0.239. The summed E-state index contributed by atoms with van der Waals surface area (Å²) >= 11 is 0. The third-order valence-corrected chi connectivity index (χ3v) is 5.85. The van der Waals surface area contributed by atoms with Gasteiger partial charge in [0.25, 0.3) is 11.8 Å². The number of nitrogens with zero attached hydrogens (tertiary/aromatic N) is 4. The molecule has 1 aliphatic rings. The lowest BCUT2D eigenvalue weighted by atomic mass is 10.1. The van der Waals surface area contributed by atoms with Crippen LogP contribution in [0.1, 0.15) is 23.3 Å². The van der Waals surface area contributed by atoms with E-state index in [1.807, 2.05) is 30.5 Å². The summed E-state index contributed by atoms with van der Waals surface area (Å²) in [5.74, 6) is 2.60. The molecule has 0 radical (unpaired) electrons. The van der Waals surface area contributed by atoms with E-state index in [1.54, 1.807) is 43.1 Å². The van der Waals surface area contributed by atoms with E-state index in [-0.39, 0.29) is 5.91 Å². The summed E-state index contributed by atoms with van der Waals surface area (Å²) < 4.78 is 17.9. The molecule has 5 rings (SSSR count). The van der Waals surface area contributed by atoms with Crippen LogP contribution < -0.4 is 20.1 Å². The summed E-state index contributed by atoms with van der Waals surface area (Å²) in [5, 5.41) is 10.6. The molecule has 0 saturated heterocycles. The number of carbonyl (C=O) groups is 1. The fraction of sp³-hybridized carbons (Fsp3) is 0.308. The molecule has 4 aromatic rings. The van der Waals surface area contributed by atoms with Gasteiger partial charge in [0, 0.05) is 37.2 Å². The first-order valence-corrected chi connectivity index (χ1v) is 11.8. The standard InChI is InChI=1S/C26H28N6O4/c1-34-22-13-19(15-28-26(22)35-2)18-8-10-32-20(12-18)14-24(31-32)30-23-5-3-4-21(29-23)25(33)27-9-11-36-16-17-6-7-17/h3-5,8,10,12-15,17H,6-7,9,11,16H2,1-2H3,(H,27,33)(H,29,30,31). The summed E-state index contributed by atoms with van der Waals surface area (Å²) in [6, 6.07) is 13.0. The fourth-order valence-corrected chi connectivity index (χ4v) is 3.75. The zero-order chi connectivity index (χ0) is 24.9. The number of nitrogens with one attached hydrogen (secondary N) is 2. The molecular formula is C26H28N6O4. The van der Waals surface area contributed by atoms with Crippen LogP contribution in [0.25, 0.3) is 16.6 Å². The van der Waals surface area contributed by atoms with Gasteiger partial charge in [-0.25, -0.2) is 14.5 Å². The lowest BCUT2D eigenvalue weighted by Gasteiger charge is -2.08. The van der Waals surface area contributed by atoms with Crippen LogP contribution in [0.2, 0.25) is 0 Å². The van der Waals surface area contributed by atoms with Crippen molar-refractivity contribution in [2.45, 2.75) is 12.8 Å². The van der Waals surface area contributed by atoms with Gasteiger partial charge in [0.05, 0.1) is 26.3 Å². The minimum Gasteiger partial charge on any atom is -0.491 e. The van der Waals surface area contributed by atoms with Crippen molar-refractivity contribution in [2.75, 3.05) is 39.3 Å². The van der Waals surface area contributed by atoms with E-state index in [9.17, 15) is 4.79 Å². The van der Waals surface area contributed by atoms with E-state index in [2.05, 4.69) is 25.7 Å². The Hall–Kier alpha value is -4.18. The molecule has 10 heteroatoms. The Labute approximate surface area is 208 Å². The predicted molar refractivity (Wildman–Crippen MR) is 135 cm³/mol. The van der Waals surface area contributed by atoms with Gasteiger partial charge in [-0.05, 0) is 54.7 Å². The van der Waals surface area contributed by atoms with E-state index >= 15 is 0 Å². The molecule has 1 amide bonds. The summed E-state index contributed by atoms with van der Waals surface area (Å²) in [5.41, 5.74) is 3.06. The van der Waals surface area contributed by atoms with Crippen molar-refractivity contribution in [3.8, 4) is 22.8 Å². The van der Waals surface area contributed by atoms with Crippen molar-refractivity contribution >= 4 is 23.1 Å². The van der Waals surface area contributed by atoms with Gasteiger partial charge in [-0.3, -0.25) is 4.79 Å². The zero-order valence-electron chi connectivity index (χ0n) is 20.2. The van der Waals surface area contributed by atoms with Crippen LogP contribution in [0.5, 0.6) is 11.6 Å². The smallest absolute Gasteiger partial charge is 0.270 e. The number of fused-ring (bicyclic) bond motifs is 1. The van der Waals surface area contributed by atoms with Crippen LogP contribution in [0, 0.1) is 5.92 Å². The molecule has 36 heavy (non-hydrogen) atoms.